The van der Waals surface area contributed by atoms with E-state index in [1.165, 1.54) is 12.1 Å². The number of rotatable bonds is 1. The van der Waals surface area contributed by atoms with Crippen LogP contribution in [0.1, 0.15) is 36.0 Å². The predicted octanol–water partition coefficient (Wildman–Crippen LogP) is 3.54. The van der Waals surface area contributed by atoms with Crippen molar-refractivity contribution in [2.45, 2.75) is 37.6 Å². The molecule has 0 aromatic heterocycles. The van der Waals surface area contributed by atoms with Gasteiger partial charge in [-0.2, -0.15) is 23.3 Å². The van der Waals surface area contributed by atoms with Crippen LogP contribution >= 0.6 is 22.6 Å². The van der Waals surface area contributed by atoms with Crippen molar-refractivity contribution in [3.05, 3.63) is 33.4 Å². The third kappa shape index (κ3) is 2.65. The highest BCUT2D eigenvalue weighted by molar-refractivity contribution is 14.1. The van der Waals surface area contributed by atoms with E-state index in [0.717, 1.165) is 9.99 Å². The molecular weight excluding hydrogens is 424 g/mol. The number of benzene rings is 1. The van der Waals surface area contributed by atoms with Crippen molar-refractivity contribution in [1.82, 2.24) is 5.01 Å². The standard InChI is InChI=1S/C15H14F3IN2O2/c16-15(17,18)14(23)11-3-1-2-4-12(11)20-21(14)13(22)9-5-7-10(19)8-6-9/h5-8,11,23H,1-4H2. The van der Waals surface area contributed by atoms with Crippen LogP contribution in [0.25, 0.3) is 0 Å². The van der Waals surface area contributed by atoms with Gasteiger partial charge >= 0.3 is 6.18 Å². The fraction of sp³-hybridized carbons (Fsp3) is 0.467. The summed E-state index contributed by atoms with van der Waals surface area (Å²) in [5, 5.41) is 14.5. The van der Waals surface area contributed by atoms with E-state index in [1.54, 1.807) is 12.1 Å². The highest BCUT2D eigenvalue weighted by Gasteiger charge is 2.68. The zero-order valence-electron chi connectivity index (χ0n) is 12.0. The molecule has 1 heterocycles. The number of halogens is 4. The van der Waals surface area contributed by atoms with Gasteiger partial charge in [0.05, 0.1) is 5.92 Å². The average Bonchev–Trinajstić information content (AvgIpc) is 2.82. The number of hydrogen-bond donors (Lipinski definition) is 1. The van der Waals surface area contributed by atoms with Crippen LogP contribution in [0, 0.1) is 9.49 Å². The van der Waals surface area contributed by atoms with Crippen molar-refractivity contribution in [3.63, 3.8) is 0 Å². The van der Waals surface area contributed by atoms with E-state index in [0.29, 0.717) is 12.8 Å². The van der Waals surface area contributed by atoms with E-state index in [-0.39, 0.29) is 22.7 Å². The highest BCUT2D eigenvalue weighted by Crippen LogP contribution is 2.48. The zero-order chi connectivity index (χ0) is 16.8. The summed E-state index contributed by atoms with van der Waals surface area (Å²) >= 11 is 2.03. The minimum Gasteiger partial charge on any atom is -0.362 e. The first kappa shape index (κ1) is 16.7. The molecule has 4 nitrogen and oxygen atoms in total. The van der Waals surface area contributed by atoms with Gasteiger partial charge in [-0.25, -0.2) is 0 Å². The number of hydrazone groups is 1. The molecule has 2 unspecified atom stereocenters. The number of carbonyl (C=O) groups is 1. The van der Waals surface area contributed by atoms with Crippen molar-refractivity contribution < 1.29 is 23.1 Å². The Balaban J connectivity index is 2.03. The first-order chi connectivity index (χ1) is 10.7. The van der Waals surface area contributed by atoms with Crippen LogP contribution in [0.15, 0.2) is 29.4 Å². The minimum absolute atomic E-state index is 0.0658. The molecule has 1 amide bonds. The maximum Gasteiger partial charge on any atom is 0.439 e. The molecule has 124 valence electrons. The third-order valence-electron chi connectivity index (χ3n) is 4.32. The van der Waals surface area contributed by atoms with Crippen LogP contribution in [0.3, 0.4) is 0 Å². The number of alkyl halides is 3. The van der Waals surface area contributed by atoms with Crippen molar-refractivity contribution in [2.24, 2.45) is 11.0 Å². The summed E-state index contributed by atoms with van der Waals surface area (Å²) in [5.74, 6) is -2.12. The fourth-order valence-electron chi connectivity index (χ4n) is 3.13. The highest BCUT2D eigenvalue weighted by atomic mass is 127. The molecular formula is C15H14F3IN2O2. The van der Waals surface area contributed by atoms with Gasteiger partial charge in [0.15, 0.2) is 0 Å². The molecule has 8 heteroatoms. The Morgan fingerprint density at radius 3 is 2.57 bits per heavy atom. The van der Waals surface area contributed by atoms with Crippen LogP contribution in [-0.2, 0) is 0 Å². The zero-order valence-corrected chi connectivity index (χ0v) is 14.1. The summed E-state index contributed by atoms with van der Waals surface area (Å²) < 4.78 is 41.6. The molecule has 2 atom stereocenters. The van der Waals surface area contributed by atoms with Crippen LogP contribution in [0.4, 0.5) is 13.2 Å². The molecule has 23 heavy (non-hydrogen) atoms. The second-order valence-electron chi connectivity index (χ2n) is 5.74. The van der Waals surface area contributed by atoms with Crippen LogP contribution in [-0.4, -0.2) is 33.6 Å². The van der Waals surface area contributed by atoms with Gasteiger partial charge in [0.2, 0.25) is 0 Å². The lowest BCUT2D eigenvalue weighted by molar-refractivity contribution is -0.312. The summed E-state index contributed by atoms with van der Waals surface area (Å²) in [6, 6.07) is 6.11. The normalized spacial score (nSPS) is 27.6. The Morgan fingerprint density at radius 2 is 1.96 bits per heavy atom. The SMILES string of the molecule is O=C(c1ccc(I)cc1)N1N=C2CCCCC2C1(O)C(F)(F)F. The van der Waals surface area contributed by atoms with Crippen molar-refractivity contribution in [3.8, 4) is 0 Å². The van der Waals surface area contributed by atoms with Gasteiger partial charge in [-0.1, -0.05) is 6.42 Å². The number of aliphatic hydroxyl groups is 1. The summed E-state index contributed by atoms with van der Waals surface area (Å²) in [6.07, 6.45) is -3.13. The summed E-state index contributed by atoms with van der Waals surface area (Å²) in [7, 11) is 0. The second kappa shape index (κ2) is 5.73. The van der Waals surface area contributed by atoms with E-state index < -0.39 is 23.7 Å². The molecule has 1 aromatic rings. The fourth-order valence-corrected chi connectivity index (χ4v) is 3.49. The number of nitrogens with zero attached hydrogens (tertiary/aromatic N) is 2. The van der Waals surface area contributed by atoms with Gasteiger partial charge in [0.1, 0.15) is 0 Å². The van der Waals surface area contributed by atoms with Gasteiger partial charge in [-0.15, -0.1) is 0 Å². The lowest BCUT2D eigenvalue weighted by Gasteiger charge is -2.38. The van der Waals surface area contributed by atoms with E-state index in [2.05, 4.69) is 5.10 Å². The van der Waals surface area contributed by atoms with Crippen LogP contribution < -0.4 is 0 Å². The predicted molar refractivity (Wildman–Crippen MR) is 85.7 cm³/mol. The molecule has 1 saturated carbocycles. The Kier molecular flexibility index (Phi) is 4.16. The van der Waals surface area contributed by atoms with Crippen LogP contribution in [0.2, 0.25) is 0 Å². The largest absolute Gasteiger partial charge is 0.439 e. The Hall–Kier alpha value is -1.16. The number of carbonyl (C=O) groups excluding carboxylic acids is 1. The van der Waals surface area contributed by atoms with Crippen molar-refractivity contribution >= 4 is 34.2 Å². The monoisotopic (exact) mass is 438 g/mol. The summed E-state index contributed by atoms with van der Waals surface area (Å²) in [6.45, 7) is 0. The lowest BCUT2D eigenvalue weighted by Crippen LogP contribution is -2.61. The molecule has 1 aliphatic carbocycles. The first-order valence-corrected chi connectivity index (χ1v) is 8.29. The quantitative estimate of drug-likeness (QED) is 0.683. The molecule has 1 aromatic carbocycles. The average molecular weight is 438 g/mol. The maximum atomic E-state index is 13.6. The summed E-state index contributed by atoms with van der Waals surface area (Å²) in [4.78, 5) is 12.5. The van der Waals surface area contributed by atoms with Gasteiger partial charge in [-0.3, -0.25) is 4.79 Å². The van der Waals surface area contributed by atoms with E-state index in [4.69, 9.17) is 0 Å². The smallest absolute Gasteiger partial charge is 0.362 e. The molecule has 1 N–H and O–H groups in total. The maximum absolute atomic E-state index is 13.6. The number of hydrogen-bond acceptors (Lipinski definition) is 3. The van der Waals surface area contributed by atoms with E-state index >= 15 is 0 Å². The molecule has 0 spiro atoms. The Morgan fingerprint density at radius 1 is 1.30 bits per heavy atom. The number of fused-ring (bicyclic) bond motifs is 1. The molecule has 0 bridgehead atoms. The number of amides is 1. The van der Waals surface area contributed by atoms with Gasteiger partial charge < -0.3 is 5.11 Å². The third-order valence-corrected chi connectivity index (χ3v) is 5.04. The molecule has 0 radical (unpaired) electrons. The summed E-state index contributed by atoms with van der Waals surface area (Å²) in [5.41, 5.74) is -2.94. The molecule has 3 rings (SSSR count). The minimum atomic E-state index is -4.97. The molecule has 0 saturated heterocycles. The Bertz CT molecular complexity index is 660. The van der Waals surface area contributed by atoms with Gasteiger partial charge in [0, 0.05) is 14.8 Å². The molecule has 1 fully saturated rings. The van der Waals surface area contributed by atoms with Crippen molar-refractivity contribution in [1.29, 1.82) is 0 Å². The van der Waals surface area contributed by atoms with Crippen molar-refractivity contribution in [2.75, 3.05) is 0 Å². The first-order valence-electron chi connectivity index (χ1n) is 7.21. The molecule has 1 aliphatic heterocycles. The van der Waals surface area contributed by atoms with E-state index in [1.807, 2.05) is 22.6 Å². The lowest BCUT2D eigenvalue weighted by atomic mass is 9.80. The second-order valence-corrected chi connectivity index (χ2v) is 6.98. The van der Waals surface area contributed by atoms with Crippen LogP contribution in [0.5, 0.6) is 0 Å². The van der Waals surface area contributed by atoms with E-state index in [9.17, 15) is 23.1 Å². The van der Waals surface area contributed by atoms with Gasteiger partial charge in [0.25, 0.3) is 11.6 Å². The topological polar surface area (TPSA) is 52.9 Å². The molecule has 2 aliphatic rings. The Labute approximate surface area is 144 Å². The van der Waals surface area contributed by atoms with Gasteiger partial charge in [-0.05, 0) is 66.1 Å².